The summed E-state index contributed by atoms with van der Waals surface area (Å²) in [5.41, 5.74) is 3.88. The van der Waals surface area contributed by atoms with Gasteiger partial charge in [-0.25, -0.2) is 0 Å². The number of benzene rings is 3. The van der Waals surface area contributed by atoms with Crippen LogP contribution in [-0.2, 0) is 13.1 Å². The molecule has 1 aliphatic heterocycles. The molecule has 1 saturated heterocycles. The van der Waals surface area contributed by atoms with E-state index in [1.54, 1.807) is 7.11 Å². The molecule has 3 aromatic carbocycles. The first-order valence-corrected chi connectivity index (χ1v) is 12.5. The van der Waals surface area contributed by atoms with Crippen LogP contribution in [0.5, 0.6) is 11.5 Å². The number of methoxy groups -OCH3 is 1. The Labute approximate surface area is 203 Å². The van der Waals surface area contributed by atoms with Crippen LogP contribution in [0.25, 0.3) is 0 Å². The minimum atomic E-state index is 0.754. The Morgan fingerprint density at radius 3 is 1.94 bits per heavy atom. The number of hydrogen-bond donors (Lipinski definition) is 0. The molecule has 0 N–H and O–H groups in total. The van der Waals surface area contributed by atoms with E-state index in [0.29, 0.717) is 0 Å². The minimum absolute atomic E-state index is 0.754. The zero-order valence-electron chi connectivity index (χ0n) is 20.3. The second-order valence-corrected chi connectivity index (χ2v) is 8.81. The molecule has 0 spiro atoms. The van der Waals surface area contributed by atoms with Gasteiger partial charge >= 0.3 is 0 Å². The average Bonchev–Trinajstić information content (AvgIpc) is 2.87. The molecule has 33 heavy (non-hydrogen) atoms. The van der Waals surface area contributed by atoms with E-state index in [9.17, 15) is 0 Å². The topological polar surface area (TPSA) is 24.9 Å². The third-order valence-corrected chi connectivity index (χ3v) is 6.32. The number of nitrogens with zero attached hydrogens (tertiary/aromatic N) is 2. The van der Waals surface area contributed by atoms with E-state index in [-0.39, 0.29) is 0 Å². The van der Waals surface area contributed by atoms with Crippen molar-refractivity contribution >= 4 is 12.0 Å². The molecule has 4 rings (SSSR count). The van der Waals surface area contributed by atoms with Crippen LogP contribution in [0, 0.1) is 6.92 Å². The van der Waals surface area contributed by atoms with Crippen molar-refractivity contribution in [2.75, 3.05) is 33.3 Å². The smallest absolute Gasteiger partial charge is 0.179 e. The summed E-state index contributed by atoms with van der Waals surface area (Å²) in [5, 5.41) is 0. The summed E-state index contributed by atoms with van der Waals surface area (Å²) in [6, 6.07) is 25.3. The summed E-state index contributed by atoms with van der Waals surface area (Å²) < 4.78 is 11.5. The Morgan fingerprint density at radius 2 is 1.33 bits per heavy atom. The maximum atomic E-state index is 5.94. The standard InChI is InChI=1S/C26H30N2O2S.C2H6/c1-21-8-11-24(12-9-21)31-30-25-13-10-23(18-26(25)29-2)20-28-16-14-27(15-17-28)19-22-6-4-3-5-7-22;1-2/h3-13,18H,14-17,19-20H2,1-2H3;1-2H3. The molecular weight excluding hydrogens is 428 g/mol. The molecule has 176 valence electrons. The highest BCUT2D eigenvalue weighted by molar-refractivity contribution is 7.95. The third kappa shape index (κ3) is 7.81. The lowest BCUT2D eigenvalue weighted by molar-refractivity contribution is 0.122. The number of ether oxygens (including phenoxy) is 1. The quantitative estimate of drug-likeness (QED) is 0.358. The van der Waals surface area contributed by atoms with Crippen molar-refractivity contribution in [3.05, 3.63) is 89.5 Å². The summed E-state index contributed by atoms with van der Waals surface area (Å²) in [4.78, 5) is 6.12. The SMILES string of the molecule is CC.COc1cc(CN2CCN(Cc3ccccc3)CC2)ccc1OSc1ccc(C)cc1. The Hall–Kier alpha value is -2.47. The molecule has 1 heterocycles. The maximum Gasteiger partial charge on any atom is 0.179 e. The zero-order valence-corrected chi connectivity index (χ0v) is 21.1. The summed E-state index contributed by atoms with van der Waals surface area (Å²) in [6.07, 6.45) is 0. The second-order valence-electron chi connectivity index (χ2n) is 8.00. The molecule has 0 atom stereocenters. The van der Waals surface area contributed by atoms with Gasteiger partial charge in [-0.3, -0.25) is 9.80 Å². The zero-order chi connectivity index (χ0) is 23.5. The highest BCUT2D eigenvalue weighted by Crippen LogP contribution is 2.33. The highest BCUT2D eigenvalue weighted by atomic mass is 32.2. The van der Waals surface area contributed by atoms with E-state index in [1.165, 1.54) is 28.7 Å². The highest BCUT2D eigenvalue weighted by Gasteiger charge is 2.18. The van der Waals surface area contributed by atoms with Crippen LogP contribution in [0.15, 0.2) is 77.7 Å². The molecular formula is C28H36N2O2S. The van der Waals surface area contributed by atoms with Gasteiger partial charge in [0.25, 0.3) is 0 Å². The second kappa shape index (κ2) is 13.3. The predicted octanol–water partition coefficient (Wildman–Crippen LogP) is 6.43. The normalized spacial score (nSPS) is 14.3. The van der Waals surface area contributed by atoms with Gasteiger partial charge in [0, 0.05) is 44.2 Å². The lowest BCUT2D eigenvalue weighted by Crippen LogP contribution is -2.45. The van der Waals surface area contributed by atoms with Gasteiger partial charge in [0.05, 0.1) is 19.2 Å². The summed E-state index contributed by atoms with van der Waals surface area (Å²) >= 11 is 1.36. The van der Waals surface area contributed by atoms with Crippen molar-refractivity contribution in [2.24, 2.45) is 0 Å². The lowest BCUT2D eigenvalue weighted by Gasteiger charge is -2.34. The first-order chi connectivity index (χ1) is 16.2. The fraction of sp³-hybridized carbons (Fsp3) is 0.357. The van der Waals surface area contributed by atoms with E-state index in [1.807, 2.05) is 19.9 Å². The molecule has 0 unspecified atom stereocenters. The van der Waals surface area contributed by atoms with Gasteiger partial charge < -0.3 is 8.92 Å². The van der Waals surface area contributed by atoms with Crippen molar-refractivity contribution in [1.29, 1.82) is 0 Å². The van der Waals surface area contributed by atoms with Crippen LogP contribution in [0.2, 0.25) is 0 Å². The van der Waals surface area contributed by atoms with E-state index < -0.39 is 0 Å². The van der Waals surface area contributed by atoms with Crippen LogP contribution >= 0.6 is 12.0 Å². The van der Waals surface area contributed by atoms with Gasteiger partial charge in [0.2, 0.25) is 0 Å². The molecule has 3 aromatic rings. The maximum absolute atomic E-state index is 5.94. The number of piperazine rings is 1. The summed E-state index contributed by atoms with van der Waals surface area (Å²) in [7, 11) is 1.70. The first-order valence-electron chi connectivity index (χ1n) is 11.8. The molecule has 0 radical (unpaired) electrons. The Bertz CT molecular complexity index is 955. The van der Waals surface area contributed by atoms with E-state index in [0.717, 1.165) is 55.7 Å². The summed E-state index contributed by atoms with van der Waals surface area (Å²) in [6.45, 7) is 12.4. The van der Waals surface area contributed by atoms with Gasteiger partial charge in [-0.2, -0.15) is 0 Å². The average molecular weight is 465 g/mol. The van der Waals surface area contributed by atoms with Crippen molar-refractivity contribution in [1.82, 2.24) is 9.80 Å². The monoisotopic (exact) mass is 464 g/mol. The molecule has 1 aliphatic rings. The van der Waals surface area contributed by atoms with Gasteiger partial charge in [-0.05, 0) is 42.3 Å². The van der Waals surface area contributed by atoms with E-state index >= 15 is 0 Å². The Balaban J connectivity index is 0.00000149. The van der Waals surface area contributed by atoms with Crippen LogP contribution in [0.1, 0.15) is 30.5 Å². The van der Waals surface area contributed by atoms with Crippen LogP contribution in [-0.4, -0.2) is 43.1 Å². The fourth-order valence-corrected chi connectivity index (χ4v) is 4.34. The van der Waals surface area contributed by atoms with Crippen molar-refractivity contribution in [3.63, 3.8) is 0 Å². The van der Waals surface area contributed by atoms with Crippen LogP contribution in [0.4, 0.5) is 0 Å². The predicted molar refractivity (Wildman–Crippen MR) is 139 cm³/mol. The van der Waals surface area contributed by atoms with Crippen LogP contribution < -0.4 is 8.92 Å². The molecule has 0 saturated carbocycles. The fourth-order valence-electron chi connectivity index (χ4n) is 3.77. The number of rotatable bonds is 8. The lowest BCUT2D eigenvalue weighted by atomic mass is 10.1. The van der Waals surface area contributed by atoms with Crippen molar-refractivity contribution in [2.45, 2.75) is 38.8 Å². The van der Waals surface area contributed by atoms with Crippen LogP contribution in [0.3, 0.4) is 0 Å². The van der Waals surface area contributed by atoms with Gasteiger partial charge in [-0.15, -0.1) is 0 Å². The molecule has 4 nitrogen and oxygen atoms in total. The third-order valence-electron chi connectivity index (χ3n) is 5.60. The minimum Gasteiger partial charge on any atom is -0.493 e. The van der Waals surface area contributed by atoms with Gasteiger partial charge in [0.1, 0.15) is 0 Å². The summed E-state index contributed by atoms with van der Waals surface area (Å²) in [5.74, 6) is 1.53. The Morgan fingerprint density at radius 1 is 0.727 bits per heavy atom. The van der Waals surface area contributed by atoms with E-state index in [2.05, 4.69) is 83.5 Å². The molecule has 0 bridgehead atoms. The number of hydrogen-bond acceptors (Lipinski definition) is 5. The molecule has 5 heteroatoms. The molecule has 0 aliphatic carbocycles. The van der Waals surface area contributed by atoms with Crippen molar-refractivity contribution < 1.29 is 8.92 Å². The molecule has 0 aromatic heterocycles. The van der Waals surface area contributed by atoms with Gasteiger partial charge in [-0.1, -0.05) is 67.9 Å². The van der Waals surface area contributed by atoms with Crippen molar-refractivity contribution in [3.8, 4) is 11.5 Å². The Kier molecular flexibility index (Phi) is 10.1. The number of aryl methyl sites for hydroxylation is 1. The molecule has 0 amide bonds. The van der Waals surface area contributed by atoms with Gasteiger partial charge in [0.15, 0.2) is 11.5 Å². The molecule has 1 fully saturated rings. The van der Waals surface area contributed by atoms with E-state index in [4.69, 9.17) is 8.92 Å². The largest absolute Gasteiger partial charge is 0.493 e. The first kappa shape index (κ1) is 25.2.